The highest BCUT2D eigenvalue weighted by molar-refractivity contribution is 8.18. The summed E-state index contributed by atoms with van der Waals surface area (Å²) in [5, 5.41) is 2.25. The van der Waals surface area contributed by atoms with E-state index >= 15 is 0 Å². The highest BCUT2D eigenvalue weighted by atomic mass is 32.2. The van der Waals surface area contributed by atoms with Crippen molar-refractivity contribution in [1.29, 1.82) is 0 Å². The summed E-state index contributed by atoms with van der Waals surface area (Å²) in [6.45, 7) is 7.36. The molecule has 1 aliphatic heterocycles. The van der Waals surface area contributed by atoms with Gasteiger partial charge in [0, 0.05) is 11.3 Å². The summed E-state index contributed by atoms with van der Waals surface area (Å²) in [6.07, 6.45) is 3.16. The first kappa shape index (κ1) is 23.1. The number of hydrogen-bond donors (Lipinski definition) is 1. The van der Waals surface area contributed by atoms with Gasteiger partial charge in [0.15, 0.2) is 11.5 Å². The molecule has 0 aliphatic carbocycles. The molecule has 2 aromatic carbocycles. The molecule has 0 unspecified atom stereocenters. The number of carbonyl (C=O) groups excluding carboxylic acids is 3. The quantitative estimate of drug-likeness (QED) is 0.467. The monoisotopic (exact) mass is 452 g/mol. The van der Waals surface area contributed by atoms with Crippen LogP contribution in [-0.2, 0) is 9.59 Å². The molecule has 32 heavy (non-hydrogen) atoms. The Hall–Kier alpha value is -3.52. The molecule has 2 aromatic rings. The lowest BCUT2D eigenvalue weighted by Crippen LogP contribution is -2.36. The Morgan fingerprint density at radius 2 is 2.00 bits per heavy atom. The van der Waals surface area contributed by atoms with E-state index in [-0.39, 0.29) is 18.1 Å². The fraction of sp³-hybridized carbons (Fsp3) is 0.208. The molecule has 0 spiro atoms. The smallest absolute Gasteiger partial charge is 0.294 e. The standard InChI is InChI=1S/C24H24N2O5S/c1-5-11-31-22-17(7-6-8-19(22)30-4)13-20-23(28)26(24(29)32-20)14-21(27)25-18-10-9-15(2)12-16(18)3/h5-10,12-13H,1,11,14H2,2-4H3,(H,25,27)/b20-13-. The number of aryl methyl sites for hydroxylation is 2. The fourth-order valence-electron chi connectivity index (χ4n) is 3.17. The Morgan fingerprint density at radius 3 is 2.69 bits per heavy atom. The van der Waals surface area contributed by atoms with Crippen molar-refractivity contribution in [2.75, 3.05) is 25.6 Å². The van der Waals surface area contributed by atoms with Gasteiger partial charge >= 0.3 is 0 Å². The minimum absolute atomic E-state index is 0.200. The van der Waals surface area contributed by atoms with Gasteiger partial charge in [0.1, 0.15) is 13.2 Å². The Labute approximate surface area is 191 Å². The van der Waals surface area contributed by atoms with Gasteiger partial charge in [-0.3, -0.25) is 19.3 Å². The van der Waals surface area contributed by atoms with Crippen LogP contribution in [-0.4, -0.2) is 42.2 Å². The first-order chi connectivity index (χ1) is 15.3. The molecule has 1 aliphatic rings. The van der Waals surface area contributed by atoms with E-state index in [2.05, 4.69) is 11.9 Å². The third-order valence-corrected chi connectivity index (χ3v) is 5.60. The number of ether oxygens (including phenoxy) is 2. The summed E-state index contributed by atoms with van der Waals surface area (Å²) in [6, 6.07) is 10.9. The number of methoxy groups -OCH3 is 1. The molecule has 0 saturated carbocycles. The van der Waals surface area contributed by atoms with Crippen molar-refractivity contribution >= 4 is 40.6 Å². The van der Waals surface area contributed by atoms with Crippen LogP contribution in [0.5, 0.6) is 11.5 Å². The molecule has 3 rings (SSSR count). The highest BCUT2D eigenvalue weighted by Gasteiger charge is 2.36. The van der Waals surface area contributed by atoms with Gasteiger partial charge in [-0.1, -0.05) is 42.5 Å². The first-order valence-electron chi connectivity index (χ1n) is 9.87. The Kier molecular flexibility index (Phi) is 7.37. The van der Waals surface area contributed by atoms with Crippen molar-refractivity contribution in [2.45, 2.75) is 13.8 Å². The number of rotatable bonds is 8. The van der Waals surface area contributed by atoms with Crippen LogP contribution in [0.1, 0.15) is 16.7 Å². The zero-order chi connectivity index (χ0) is 23.3. The zero-order valence-corrected chi connectivity index (χ0v) is 19.0. The Bertz CT molecular complexity index is 1110. The van der Waals surface area contributed by atoms with E-state index < -0.39 is 17.1 Å². The molecule has 0 atom stereocenters. The minimum Gasteiger partial charge on any atom is -0.493 e. The molecule has 1 N–H and O–H groups in total. The second kappa shape index (κ2) is 10.2. The third kappa shape index (κ3) is 5.20. The van der Waals surface area contributed by atoms with Gasteiger partial charge < -0.3 is 14.8 Å². The van der Waals surface area contributed by atoms with Gasteiger partial charge in [-0.15, -0.1) is 0 Å². The number of imide groups is 1. The number of nitrogens with zero attached hydrogens (tertiary/aromatic N) is 1. The Morgan fingerprint density at radius 1 is 1.22 bits per heavy atom. The lowest BCUT2D eigenvalue weighted by molar-refractivity contribution is -0.127. The summed E-state index contributed by atoms with van der Waals surface area (Å²) in [5.74, 6) is -0.0490. The maximum absolute atomic E-state index is 12.8. The number of benzene rings is 2. The van der Waals surface area contributed by atoms with Crippen LogP contribution >= 0.6 is 11.8 Å². The van der Waals surface area contributed by atoms with Crippen molar-refractivity contribution in [3.8, 4) is 11.5 Å². The van der Waals surface area contributed by atoms with Crippen LogP contribution in [0.25, 0.3) is 6.08 Å². The topological polar surface area (TPSA) is 84.9 Å². The molecule has 166 valence electrons. The third-order valence-electron chi connectivity index (χ3n) is 4.69. The van der Waals surface area contributed by atoms with E-state index in [0.717, 1.165) is 27.8 Å². The molecule has 1 fully saturated rings. The zero-order valence-electron chi connectivity index (χ0n) is 18.1. The van der Waals surface area contributed by atoms with Gasteiger partial charge in [0.2, 0.25) is 5.91 Å². The molecule has 0 radical (unpaired) electrons. The van der Waals surface area contributed by atoms with E-state index in [1.54, 1.807) is 36.4 Å². The average Bonchev–Trinajstić information content (AvgIpc) is 3.02. The van der Waals surface area contributed by atoms with Gasteiger partial charge in [0.05, 0.1) is 12.0 Å². The predicted octanol–water partition coefficient (Wildman–Crippen LogP) is 4.55. The molecule has 8 heteroatoms. The molecule has 3 amide bonds. The van der Waals surface area contributed by atoms with E-state index in [0.29, 0.717) is 22.7 Å². The predicted molar refractivity (Wildman–Crippen MR) is 126 cm³/mol. The SMILES string of the molecule is C=CCOc1c(/C=C2\SC(=O)N(CC(=O)Nc3ccc(C)cc3C)C2=O)cccc1OC. The molecular weight excluding hydrogens is 428 g/mol. The number of thioether (sulfide) groups is 1. The second-order valence-corrected chi connectivity index (χ2v) is 8.11. The number of para-hydroxylation sites is 1. The molecule has 7 nitrogen and oxygen atoms in total. The number of carbonyl (C=O) groups is 3. The summed E-state index contributed by atoms with van der Waals surface area (Å²) < 4.78 is 11.0. The lowest BCUT2D eigenvalue weighted by atomic mass is 10.1. The second-order valence-electron chi connectivity index (χ2n) is 7.11. The fourth-order valence-corrected chi connectivity index (χ4v) is 4.00. The van der Waals surface area contributed by atoms with Crippen molar-refractivity contribution < 1.29 is 23.9 Å². The molecule has 1 saturated heterocycles. The summed E-state index contributed by atoms with van der Waals surface area (Å²) in [5.41, 5.74) is 3.20. The minimum atomic E-state index is -0.534. The van der Waals surface area contributed by atoms with Gasteiger partial charge in [-0.2, -0.15) is 0 Å². The van der Waals surface area contributed by atoms with Crippen LogP contribution in [0, 0.1) is 13.8 Å². The van der Waals surface area contributed by atoms with Gasteiger partial charge in [-0.05, 0) is 49.4 Å². The summed E-state index contributed by atoms with van der Waals surface area (Å²) in [7, 11) is 1.52. The van der Waals surface area contributed by atoms with Crippen LogP contribution in [0.4, 0.5) is 10.5 Å². The Balaban J connectivity index is 1.78. The van der Waals surface area contributed by atoms with Crippen LogP contribution in [0.3, 0.4) is 0 Å². The van der Waals surface area contributed by atoms with Crippen molar-refractivity contribution in [1.82, 2.24) is 4.90 Å². The molecule has 0 aromatic heterocycles. The summed E-state index contributed by atoms with van der Waals surface area (Å²) in [4.78, 5) is 38.9. The number of amides is 3. The largest absolute Gasteiger partial charge is 0.493 e. The molecule has 0 bridgehead atoms. The number of anilines is 1. The molecular formula is C24H24N2O5S. The first-order valence-corrected chi connectivity index (χ1v) is 10.7. The maximum atomic E-state index is 12.8. The lowest BCUT2D eigenvalue weighted by Gasteiger charge is -2.14. The van der Waals surface area contributed by atoms with Crippen LogP contribution in [0.15, 0.2) is 54.0 Å². The van der Waals surface area contributed by atoms with Crippen molar-refractivity contribution in [2.24, 2.45) is 0 Å². The number of nitrogens with one attached hydrogen (secondary N) is 1. The van der Waals surface area contributed by atoms with Crippen LogP contribution < -0.4 is 14.8 Å². The normalized spacial score (nSPS) is 14.6. The van der Waals surface area contributed by atoms with Crippen molar-refractivity contribution in [3.05, 3.63) is 70.6 Å². The highest BCUT2D eigenvalue weighted by Crippen LogP contribution is 2.37. The van der Waals surface area contributed by atoms with Crippen LogP contribution in [0.2, 0.25) is 0 Å². The summed E-state index contributed by atoms with van der Waals surface area (Å²) >= 11 is 0.778. The van der Waals surface area contributed by atoms with Gasteiger partial charge in [-0.25, -0.2) is 0 Å². The van der Waals surface area contributed by atoms with Crippen molar-refractivity contribution in [3.63, 3.8) is 0 Å². The van der Waals surface area contributed by atoms with E-state index in [9.17, 15) is 14.4 Å². The van der Waals surface area contributed by atoms with Gasteiger partial charge in [0.25, 0.3) is 11.1 Å². The maximum Gasteiger partial charge on any atom is 0.294 e. The van der Waals surface area contributed by atoms with E-state index in [4.69, 9.17) is 9.47 Å². The van der Waals surface area contributed by atoms with E-state index in [1.807, 2.05) is 26.0 Å². The van der Waals surface area contributed by atoms with E-state index in [1.165, 1.54) is 7.11 Å². The molecule has 1 heterocycles. The average molecular weight is 453 g/mol. The number of hydrogen-bond acceptors (Lipinski definition) is 6.